The molecule has 0 radical (unpaired) electrons. The lowest BCUT2D eigenvalue weighted by Crippen LogP contribution is -2.48. The summed E-state index contributed by atoms with van der Waals surface area (Å²) in [6.07, 6.45) is 10.4. The van der Waals surface area contributed by atoms with E-state index in [4.69, 9.17) is 13.0 Å². The minimum absolute atomic E-state index is 0.579. The van der Waals surface area contributed by atoms with E-state index < -0.39 is 17.1 Å². The Hall–Kier alpha value is -0.726. The lowest BCUT2D eigenvalue weighted by atomic mass is 10.2. The molecule has 0 saturated carbocycles. The SMILES string of the molecule is CCCCCCCO[Si](C)(C)O[Si](C)(C)OC/C=C/c1ccccc1. The zero-order valence-corrected chi connectivity index (χ0v) is 18.7. The molecule has 1 aromatic carbocycles. The zero-order chi connectivity index (χ0) is 18.6. The molecule has 0 aliphatic heterocycles. The molecule has 0 atom stereocenters. The van der Waals surface area contributed by atoms with Gasteiger partial charge in [-0.05, 0) is 38.2 Å². The molecule has 0 spiro atoms. The third-order valence-electron chi connectivity index (χ3n) is 3.83. The monoisotopic (exact) mass is 380 g/mol. The molecule has 0 aromatic heterocycles. The van der Waals surface area contributed by atoms with Crippen LogP contribution in [0, 0.1) is 0 Å². The average molecular weight is 381 g/mol. The van der Waals surface area contributed by atoms with Crippen molar-refractivity contribution in [3.63, 3.8) is 0 Å². The van der Waals surface area contributed by atoms with Gasteiger partial charge in [0.25, 0.3) is 0 Å². The first-order chi connectivity index (χ1) is 11.8. The Kier molecular flexibility index (Phi) is 10.5. The van der Waals surface area contributed by atoms with Gasteiger partial charge in [-0.3, -0.25) is 0 Å². The van der Waals surface area contributed by atoms with E-state index in [2.05, 4.69) is 57.4 Å². The fraction of sp³-hybridized carbons (Fsp3) is 0.600. The van der Waals surface area contributed by atoms with Gasteiger partial charge in [-0.1, -0.05) is 75.1 Å². The predicted molar refractivity (Wildman–Crippen MR) is 112 cm³/mol. The number of hydrogen-bond donors (Lipinski definition) is 0. The van der Waals surface area contributed by atoms with Crippen molar-refractivity contribution in [2.75, 3.05) is 13.2 Å². The summed E-state index contributed by atoms with van der Waals surface area (Å²) in [7, 11) is -4.29. The molecule has 1 aromatic rings. The minimum Gasteiger partial charge on any atom is -0.415 e. The third-order valence-corrected chi connectivity index (χ3v) is 9.52. The summed E-state index contributed by atoms with van der Waals surface area (Å²) in [4.78, 5) is 0. The van der Waals surface area contributed by atoms with Crippen LogP contribution in [0.25, 0.3) is 6.08 Å². The van der Waals surface area contributed by atoms with Crippen molar-refractivity contribution >= 4 is 23.2 Å². The van der Waals surface area contributed by atoms with E-state index in [-0.39, 0.29) is 0 Å². The Balaban J connectivity index is 2.28. The van der Waals surface area contributed by atoms with Gasteiger partial charge in [-0.2, -0.15) is 0 Å². The third kappa shape index (κ3) is 11.5. The van der Waals surface area contributed by atoms with Crippen LogP contribution in [0.5, 0.6) is 0 Å². The maximum Gasteiger partial charge on any atom is 0.323 e. The Labute approximate surface area is 156 Å². The van der Waals surface area contributed by atoms with E-state index in [1.807, 2.05) is 18.2 Å². The van der Waals surface area contributed by atoms with Crippen molar-refractivity contribution in [2.45, 2.75) is 65.2 Å². The molecule has 25 heavy (non-hydrogen) atoms. The number of unbranched alkanes of at least 4 members (excludes halogenated alkanes) is 4. The van der Waals surface area contributed by atoms with Gasteiger partial charge in [-0.25, -0.2) is 0 Å². The van der Waals surface area contributed by atoms with E-state index in [0.717, 1.165) is 13.0 Å². The highest BCUT2D eigenvalue weighted by atomic mass is 28.5. The second kappa shape index (κ2) is 11.8. The number of rotatable bonds is 13. The molecule has 0 saturated heterocycles. The van der Waals surface area contributed by atoms with E-state index in [1.165, 1.54) is 31.2 Å². The smallest absolute Gasteiger partial charge is 0.323 e. The topological polar surface area (TPSA) is 27.7 Å². The fourth-order valence-electron chi connectivity index (χ4n) is 2.67. The van der Waals surface area contributed by atoms with Crippen LogP contribution >= 0.6 is 0 Å². The Bertz CT molecular complexity index is 487. The van der Waals surface area contributed by atoms with Gasteiger partial charge in [0.2, 0.25) is 0 Å². The van der Waals surface area contributed by atoms with Gasteiger partial charge in [0.05, 0.1) is 6.61 Å². The first kappa shape index (κ1) is 22.3. The number of benzene rings is 1. The molecule has 0 unspecified atom stereocenters. The van der Waals surface area contributed by atoms with E-state index >= 15 is 0 Å². The van der Waals surface area contributed by atoms with Crippen LogP contribution in [-0.4, -0.2) is 30.3 Å². The quantitative estimate of drug-likeness (QED) is 0.304. The van der Waals surface area contributed by atoms with Crippen molar-refractivity contribution in [3.8, 4) is 0 Å². The van der Waals surface area contributed by atoms with Crippen LogP contribution in [0.1, 0.15) is 44.6 Å². The van der Waals surface area contributed by atoms with Crippen LogP contribution in [0.2, 0.25) is 26.2 Å². The predicted octanol–water partition coefficient (Wildman–Crippen LogP) is 6.12. The van der Waals surface area contributed by atoms with Crippen LogP contribution in [0.3, 0.4) is 0 Å². The van der Waals surface area contributed by atoms with E-state index in [9.17, 15) is 0 Å². The van der Waals surface area contributed by atoms with E-state index in [0.29, 0.717) is 6.61 Å². The Morgan fingerprint density at radius 2 is 1.48 bits per heavy atom. The van der Waals surface area contributed by atoms with Gasteiger partial charge in [0, 0.05) is 6.61 Å². The lowest BCUT2D eigenvalue weighted by Gasteiger charge is -2.32. The highest BCUT2D eigenvalue weighted by Gasteiger charge is 2.36. The van der Waals surface area contributed by atoms with Crippen LogP contribution in [0.4, 0.5) is 0 Å². The Morgan fingerprint density at radius 1 is 0.840 bits per heavy atom. The molecule has 1 rings (SSSR count). The molecule has 5 heteroatoms. The highest BCUT2D eigenvalue weighted by molar-refractivity contribution is 6.78. The molecule has 142 valence electrons. The molecule has 0 heterocycles. The van der Waals surface area contributed by atoms with Gasteiger partial charge in [-0.15, -0.1) is 0 Å². The minimum atomic E-state index is -2.17. The maximum absolute atomic E-state index is 6.30. The second-order valence-electron chi connectivity index (χ2n) is 7.29. The fourth-order valence-corrected chi connectivity index (χ4v) is 9.01. The molecule has 0 bridgehead atoms. The molecule has 0 amide bonds. The molecule has 0 fully saturated rings. The largest absolute Gasteiger partial charge is 0.415 e. The summed E-state index contributed by atoms with van der Waals surface area (Å²) < 4.78 is 18.4. The van der Waals surface area contributed by atoms with Gasteiger partial charge in [0.1, 0.15) is 0 Å². The summed E-state index contributed by atoms with van der Waals surface area (Å²) in [5.41, 5.74) is 1.19. The summed E-state index contributed by atoms with van der Waals surface area (Å²) >= 11 is 0. The maximum atomic E-state index is 6.30. The van der Waals surface area contributed by atoms with Crippen molar-refractivity contribution in [1.29, 1.82) is 0 Å². The first-order valence-corrected chi connectivity index (χ1v) is 15.2. The average Bonchev–Trinajstić information content (AvgIpc) is 2.55. The summed E-state index contributed by atoms with van der Waals surface area (Å²) in [5, 5.41) is 0. The first-order valence-electron chi connectivity index (χ1n) is 9.54. The van der Waals surface area contributed by atoms with Crippen LogP contribution in [-0.2, 0) is 13.0 Å². The van der Waals surface area contributed by atoms with Crippen molar-refractivity contribution in [2.24, 2.45) is 0 Å². The molecule has 3 nitrogen and oxygen atoms in total. The van der Waals surface area contributed by atoms with Gasteiger partial charge in [0.15, 0.2) is 0 Å². The molecule has 0 N–H and O–H groups in total. The lowest BCUT2D eigenvalue weighted by molar-refractivity contribution is 0.203. The molecular weight excluding hydrogens is 344 g/mol. The standard InChI is InChI=1S/C20H36O3Si2/c1-6-7-8-9-13-18-21-24(2,3)23-25(4,5)22-19-14-17-20-15-11-10-12-16-20/h10-12,14-17H,6-9,13,18-19H2,1-5H3/b17-14+. The van der Waals surface area contributed by atoms with Crippen LogP contribution < -0.4 is 0 Å². The highest BCUT2D eigenvalue weighted by Crippen LogP contribution is 2.17. The normalized spacial score (nSPS) is 12.8. The molecule has 0 aliphatic carbocycles. The van der Waals surface area contributed by atoms with E-state index in [1.54, 1.807) is 0 Å². The summed E-state index contributed by atoms with van der Waals surface area (Å²) in [6.45, 7) is 12.1. The van der Waals surface area contributed by atoms with Crippen molar-refractivity contribution < 1.29 is 13.0 Å². The van der Waals surface area contributed by atoms with Gasteiger partial charge < -0.3 is 13.0 Å². The van der Waals surface area contributed by atoms with Crippen molar-refractivity contribution in [3.05, 3.63) is 42.0 Å². The molecule has 0 aliphatic rings. The van der Waals surface area contributed by atoms with Crippen LogP contribution in [0.15, 0.2) is 36.4 Å². The second-order valence-corrected chi connectivity index (χ2v) is 14.3. The number of hydrogen-bond acceptors (Lipinski definition) is 3. The Morgan fingerprint density at radius 3 is 2.16 bits per heavy atom. The zero-order valence-electron chi connectivity index (χ0n) is 16.7. The summed E-state index contributed by atoms with van der Waals surface area (Å²) in [6, 6.07) is 10.3. The van der Waals surface area contributed by atoms with Crippen molar-refractivity contribution in [1.82, 2.24) is 0 Å². The van der Waals surface area contributed by atoms with Gasteiger partial charge >= 0.3 is 17.1 Å². The summed E-state index contributed by atoms with van der Waals surface area (Å²) in [5.74, 6) is 0. The molecular formula is C20H36O3Si2.